The summed E-state index contributed by atoms with van der Waals surface area (Å²) in [6, 6.07) is 8.42. The lowest BCUT2D eigenvalue weighted by Gasteiger charge is -2.32. The van der Waals surface area contributed by atoms with Crippen molar-refractivity contribution in [3.8, 4) is 5.75 Å². The highest BCUT2D eigenvalue weighted by Gasteiger charge is 2.28. The van der Waals surface area contributed by atoms with Gasteiger partial charge < -0.3 is 15.0 Å². The summed E-state index contributed by atoms with van der Waals surface area (Å²) in [4.78, 5) is 13.8. The van der Waals surface area contributed by atoms with Crippen LogP contribution in [0.4, 0.5) is 4.79 Å². The number of urea groups is 1. The first-order valence-corrected chi connectivity index (χ1v) is 7.98. The predicted molar refractivity (Wildman–Crippen MR) is 80.9 cm³/mol. The van der Waals surface area contributed by atoms with E-state index in [1.165, 1.54) is 0 Å². The van der Waals surface area contributed by atoms with E-state index in [4.69, 9.17) is 4.74 Å². The maximum Gasteiger partial charge on any atom is 0.317 e. The Morgan fingerprint density at radius 2 is 1.80 bits per heavy atom. The molecule has 1 N–H and O–H groups in total. The highest BCUT2D eigenvalue weighted by molar-refractivity contribution is 9.10. The van der Waals surface area contributed by atoms with Crippen LogP contribution in [-0.4, -0.2) is 36.2 Å². The molecule has 1 heterocycles. The number of carbonyl (C=O) groups excluding carboxylic acids is 1. The zero-order chi connectivity index (χ0) is 13.9. The van der Waals surface area contributed by atoms with Gasteiger partial charge in [-0.3, -0.25) is 0 Å². The molecule has 1 aliphatic heterocycles. The van der Waals surface area contributed by atoms with Crippen molar-refractivity contribution in [2.75, 3.05) is 13.1 Å². The molecule has 0 radical (unpaired) electrons. The maximum atomic E-state index is 11.9. The standard InChI is InChI=1S/C15H19BrN2O2/c16-11-1-5-13(6-2-11)20-14-7-9-18(10-8-14)15(19)17-12-3-4-12/h1-2,5-6,12,14H,3-4,7-10H2,(H,17,19). The molecule has 3 rings (SSSR count). The lowest BCUT2D eigenvalue weighted by atomic mass is 10.1. The third kappa shape index (κ3) is 3.66. The molecule has 0 unspecified atom stereocenters. The highest BCUT2D eigenvalue weighted by Crippen LogP contribution is 2.22. The average Bonchev–Trinajstić information content (AvgIpc) is 3.26. The molecule has 0 bridgehead atoms. The van der Waals surface area contributed by atoms with Crippen LogP contribution in [-0.2, 0) is 0 Å². The second-order valence-corrected chi connectivity index (χ2v) is 6.40. The summed E-state index contributed by atoms with van der Waals surface area (Å²) in [5, 5.41) is 3.04. The summed E-state index contributed by atoms with van der Waals surface area (Å²) in [5.41, 5.74) is 0. The van der Waals surface area contributed by atoms with Gasteiger partial charge >= 0.3 is 6.03 Å². The van der Waals surface area contributed by atoms with Crippen molar-refractivity contribution in [3.05, 3.63) is 28.7 Å². The Labute approximate surface area is 127 Å². The van der Waals surface area contributed by atoms with E-state index < -0.39 is 0 Å². The molecule has 1 aliphatic carbocycles. The lowest BCUT2D eigenvalue weighted by molar-refractivity contribution is 0.111. The fourth-order valence-corrected chi connectivity index (χ4v) is 2.64. The van der Waals surface area contributed by atoms with Crippen molar-refractivity contribution in [2.45, 2.75) is 37.8 Å². The topological polar surface area (TPSA) is 41.6 Å². The quantitative estimate of drug-likeness (QED) is 0.919. The zero-order valence-corrected chi connectivity index (χ0v) is 12.9. The number of benzene rings is 1. The molecule has 4 nitrogen and oxygen atoms in total. The van der Waals surface area contributed by atoms with Gasteiger partial charge in [-0.1, -0.05) is 15.9 Å². The van der Waals surface area contributed by atoms with Crippen LogP contribution in [0.1, 0.15) is 25.7 Å². The Bertz CT molecular complexity index is 465. The number of nitrogens with zero attached hydrogens (tertiary/aromatic N) is 1. The molecule has 5 heteroatoms. The lowest BCUT2D eigenvalue weighted by Crippen LogP contribution is -2.47. The van der Waals surface area contributed by atoms with Crippen LogP contribution in [0.5, 0.6) is 5.75 Å². The minimum Gasteiger partial charge on any atom is -0.490 e. The molecule has 1 aromatic carbocycles. The van der Waals surface area contributed by atoms with E-state index >= 15 is 0 Å². The van der Waals surface area contributed by atoms with Crippen LogP contribution in [0.15, 0.2) is 28.7 Å². The molecule has 2 fully saturated rings. The second kappa shape index (κ2) is 6.04. The summed E-state index contributed by atoms with van der Waals surface area (Å²) < 4.78 is 7.00. The fraction of sp³-hybridized carbons (Fsp3) is 0.533. The number of hydrogen-bond acceptors (Lipinski definition) is 2. The van der Waals surface area contributed by atoms with Crippen LogP contribution in [0, 0.1) is 0 Å². The van der Waals surface area contributed by atoms with Crippen molar-refractivity contribution in [1.29, 1.82) is 0 Å². The first kappa shape index (κ1) is 13.7. The number of piperidine rings is 1. The van der Waals surface area contributed by atoms with Gasteiger partial charge in [0.2, 0.25) is 0 Å². The molecule has 1 saturated heterocycles. The molecule has 20 heavy (non-hydrogen) atoms. The third-order valence-corrected chi connectivity index (χ3v) is 4.28. The van der Waals surface area contributed by atoms with Crippen LogP contribution in [0.2, 0.25) is 0 Å². The molecular weight excluding hydrogens is 320 g/mol. The Balaban J connectivity index is 1.45. The summed E-state index contributed by atoms with van der Waals surface area (Å²) in [6.07, 6.45) is 4.27. The summed E-state index contributed by atoms with van der Waals surface area (Å²) in [5.74, 6) is 0.897. The number of ether oxygens (including phenoxy) is 1. The van der Waals surface area contributed by atoms with Crippen molar-refractivity contribution in [3.63, 3.8) is 0 Å². The molecule has 108 valence electrons. The van der Waals surface area contributed by atoms with Gasteiger partial charge in [-0.15, -0.1) is 0 Å². The van der Waals surface area contributed by atoms with Crippen molar-refractivity contribution in [2.24, 2.45) is 0 Å². The van der Waals surface area contributed by atoms with Crippen LogP contribution < -0.4 is 10.1 Å². The second-order valence-electron chi connectivity index (χ2n) is 5.48. The highest BCUT2D eigenvalue weighted by atomic mass is 79.9. The van der Waals surface area contributed by atoms with Gasteiger partial charge in [-0.25, -0.2) is 4.79 Å². The summed E-state index contributed by atoms with van der Waals surface area (Å²) in [7, 11) is 0. The fourth-order valence-electron chi connectivity index (χ4n) is 2.38. The molecule has 1 saturated carbocycles. The number of likely N-dealkylation sites (tertiary alicyclic amines) is 1. The number of rotatable bonds is 3. The van der Waals surface area contributed by atoms with Gasteiger partial charge in [0, 0.05) is 36.4 Å². The Hall–Kier alpha value is -1.23. The minimum absolute atomic E-state index is 0.0922. The van der Waals surface area contributed by atoms with Crippen molar-refractivity contribution < 1.29 is 9.53 Å². The van der Waals surface area contributed by atoms with E-state index in [2.05, 4.69) is 21.2 Å². The van der Waals surface area contributed by atoms with Gasteiger partial charge in [-0.2, -0.15) is 0 Å². The smallest absolute Gasteiger partial charge is 0.317 e. The van der Waals surface area contributed by atoms with Crippen LogP contribution >= 0.6 is 15.9 Å². The Kier molecular flexibility index (Phi) is 4.15. The number of carbonyl (C=O) groups is 1. The summed E-state index contributed by atoms with van der Waals surface area (Å²) in [6.45, 7) is 1.56. The Morgan fingerprint density at radius 1 is 1.15 bits per heavy atom. The van der Waals surface area contributed by atoms with Crippen molar-refractivity contribution in [1.82, 2.24) is 10.2 Å². The van der Waals surface area contributed by atoms with Gasteiger partial charge in [0.1, 0.15) is 11.9 Å². The number of amides is 2. The van der Waals surface area contributed by atoms with E-state index in [0.717, 1.165) is 49.0 Å². The van der Waals surface area contributed by atoms with Gasteiger partial charge in [0.15, 0.2) is 0 Å². The predicted octanol–water partition coefficient (Wildman–Crippen LogP) is 3.16. The number of halogens is 1. The van der Waals surface area contributed by atoms with Crippen LogP contribution in [0.3, 0.4) is 0 Å². The molecule has 2 amide bonds. The van der Waals surface area contributed by atoms with Gasteiger partial charge in [-0.05, 0) is 37.1 Å². The largest absolute Gasteiger partial charge is 0.490 e. The molecule has 0 spiro atoms. The summed E-state index contributed by atoms with van der Waals surface area (Å²) >= 11 is 3.41. The first-order valence-electron chi connectivity index (χ1n) is 7.18. The van der Waals surface area contributed by atoms with E-state index in [1.54, 1.807) is 0 Å². The van der Waals surface area contributed by atoms with Gasteiger partial charge in [0.05, 0.1) is 0 Å². The third-order valence-electron chi connectivity index (χ3n) is 3.75. The zero-order valence-electron chi connectivity index (χ0n) is 11.3. The van der Waals surface area contributed by atoms with E-state index in [0.29, 0.717) is 6.04 Å². The normalized spacial score (nSPS) is 19.8. The minimum atomic E-state index is 0.0922. The van der Waals surface area contributed by atoms with Gasteiger partial charge in [0.25, 0.3) is 0 Å². The molecule has 0 aromatic heterocycles. The molecule has 0 atom stereocenters. The number of nitrogens with one attached hydrogen (secondary N) is 1. The van der Waals surface area contributed by atoms with E-state index in [-0.39, 0.29) is 12.1 Å². The monoisotopic (exact) mass is 338 g/mol. The van der Waals surface area contributed by atoms with E-state index in [1.807, 2.05) is 29.2 Å². The van der Waals surface area contributed by atoms with Crippen molar-refractivity contribution >= 4 is 22.0 Å². The Morgan fingerprint density at radius 3 is 2.40 bits per heavy atom. The SMILES string of the molecule is O=C(NC1CC1)N1CCC(Oc2ccc(Br)cc2)CC1. The maximum absolute atomic E-state index is 11.9. The molecule has 2 aliphatic rings. The van der Waals surface area contributed by atoms with Crippen LogP contribution in [0.25, 0.3) is 0 Å². The first-order chi connectivity index (χ1) is 9.70. The molecular formula is C15H19BrN2O2. The number of hydrogen-bond donors (Lipinski definition) is 1. The average molecular weight is 339 g/mol. The molecule has 1 aromatic rings. The van der Waals surface area contributed by atoms with E-state index in [9.17, 15) is 4.79 Å².